The Bertz CT molecular complexity index is 622. The van der Waals surface area contributed by atoms with Crippen LogP contribution in [0.3, 0.4) is 0 Å². The lowest BCUT2D eigenvalue weighted by Crippen LogP contribution is -2.37. The van der Waals surface area contributed by atoms with Gasteiger partial charge in [0.25, 0.3) is 0 Å². The van der Waals surface area contributed by atoms with Crippen LogP contribution in [0.15, 0.2) is 18.2 Å². The summed E-state index contributed by atoms with van der Waals surface area (Å²) in [6.45, 7) is 6.43. The number of rotatable bonds is 3. The highest BCUT2D eigenvalue weighted by Crippen LogP contribution is 2.27. The minimum Gasteiger partial charge on any atom is -0.312 e. The van der Waals surface area contributed by atoms with Crippen molar-refractivity contribution >= 4 is 21.4 Å². The van der Waals surface area contributed by atoms with Crippen molar-refractivity contribution in [1.82, 2.24) is 0 Å². The average molecular weight is 295 g/mol. The number of aryl methyl sites for hydroxylation is 2. The Balaban J connectivity index is 2.28. The van der Waals surface area contributed by atoms with E-state index in [2.05, 4.69) is 0 Å². The van der Waals surface area contributed by atoms with Crippen molar-refractivity contribution in [3.63, 3.8) is 0 Å². The minimum absolute atomic E-state index is 0.00675. The number of benzene rings is 1. The Morgan fingerprint density at radius 1 is 1.35 bits per heavy atom. The van der Waals surface area contributed by atoms with Gasteiger partial charge >= 0.3 is 0 Å². The third kappa shape index (κ3) is 3.03. The van der Waals surface area contributed by atoms with Crippen LogP contribution in [0.5, 0.6) is 0 Å². The maximum atomic E-state index is 12.6. The monoisotopic (exact) mass is 295 g/mol. The molecular weight excluding hydrogens is 274 g/mol. The van der Waals surface area contributed by atoms with E-state index in [9.17, 15) is 13.2 Å². The second-order valence-corrected chi connectivity index (χ2v) is 7.70. The molecule has 4 nitrogen and oxygen atoms in total. The molecule has 0 spiro atoms. The average Bonchev–Trinajstić information content (AvgIpc) is 2.75. The van der Waals surface area contributed by atoms with Crippen molar-refractivity contribution in [2.24, 2.45) is 5.92 Å². The first kappa shape index (κ1) is 15.0. The van der Waals surface area contributed by atoms with Gasteiger partial charge in [-0.1, -0.05) is 12.1 Å². The fourth-order valence-electron chi connectivity index (χ4n) is 2.67. The summed E-state index contributed by atoms with van der Waals surface area (Å²) in [5.41, 5.74) is 3.02. The van der Waals surface area contributed by atoms with Crippen LogP contribution in [-0.4, -0.2) is 32.4 Å². The molecule has 0 bridgehead atoms. The van der Waals surface area contributed by atoms with Gasteiger partial charge < -0.3 is 4.90 Å². The van der Waals surface area contributed by atoms with Gasteiger partial charge in [0.1, 0.15) is 0 Å². The SMILES string of the molecule is CCN(C(=O)C1CCS(=O)(=O)C1)c1cc(C)ccc1C. The predicted molar refractivity (Wildman–Crippen MR) is 80.7 cm³/mol. The summed E-state index contributed by atoms with van der Waals surface area (Å²) < 4.78 is 23.1. The summed E-state index contributed by atoms with van der Waals surface area (Å²) in [4.78, 5) is 14.3. The lowest BCUT2D eigenvalue weighted by molar-refractivity contribution is -0.121. The standard InChI is InChI=1S/C15H21NO3S/c1-4-16(14-9-11(2)5-6-12(14)3)15(17)13-7-8-20(18,19)10-13/h5-6,9,13H,4,7-8,10H2,1-3H3. The molecule has 0 N–H and O–H groups in total. The van der Waals surface area contributed by atoms with Gasteiger partial charge in [0.05, 0.1) is 17.4 Å². The van der Waals surface area contributed by atoms with Gasteiger partial charge in [-0.15, -0.1) is 0 Å². The van der Waals surface area contributed by atoms with Gasteiger partial charge in [-0.3, -0.25) is 4.79 Å². The molecule has 1 fully saturated rings. The van der Waals surface area contributed by atoms with E-state index in [1.165, 1.54) is 0 Å². The third-order valence-corrected chi connectivity index (χ3v) is 5.59. The normalized spacial score (nSPS) is 20.9. The highest BCUT2D eigenvalue weighted by molar-refractivity contribution is 7.91. The van der Waals surface area contributed by atoms with Gasteiger partial charge in [-0.2, -0.15) is 0 Å². The molecule has 1 saturated heterocycles. The first-order valence-electron chi connectivity index (χ1n) is 6.93. The maximum Gasteiger partial charge on any atom is 0.231 e. The highest BCUT2D eigenvalue weighted by atomic mass is 32.2. The Morgan fingerprint density at radius 3 is 2.60 bits per heavy atom. The molecule has 1 aliphatic rings. The van der Waals surface area contributed by atoms with Crippen molar-refractivity contribution in [2.75, 3.05) is 23.0 Å². The summed E-state index contributed by atoms with van der Waals surface area (Å²) in [7, 11) is -3.03. The quantitative estimate of drug-likeness (QED) is 0.858. The molecule has 0 radical (unpaired) electrons. The number of amides is 1. The first-order valence-corrected chi connectivity index (χ1v) is 8.75. The van der Waals surface area contributed by atoms with Crippen LogP contribution in [0, 0.1) is 19.8 Å². The number of hydrogen-bond donors (Lipinski definition) is 0. The number of anilines is 1. The molecule has 1 heterocycles. The van der Waals surface area contributed by atoms with Gasteiger partial charge in [0.2, 0.25) is 5.91 Å². The molecule has 1 aliphatic heterocycles. The maximum absolute atomic E-state index is 12.6. The van der Waals surface area contributed by atoms with Crippen molar-refractivity contribution < 1.29 is 13.2 Å². The molecule has 2 rings (SSSR count). The molecule has 1 atom stereocenters. The van der Waals surface area contributed by atoms with Crippen LogP contribution in [-0.2, 0) is 14.6 Å². The van der Waals surface area contributed by atoms with E-state index in [1.807, 2.05) is 39.0 Å². The Hall–Kier alpha value is -1.36. The zero-order chi connectivity index (χ0) is 14.9. The molecule has 1 aromatic rings. The highest BCUT2D eigenvalue weighted by Gasteiger charge is 2.35. The van der Waals surface area contributed by atoms with Crippen molar-refractivity contribution in [3.05, 3.63) is 29.3 Å². The molecule has 5 heteroatoms. The molecule has 0 aromatic heterocycles. The van der Waals surface area contributed by atoms with Crippen LogP contribution in [0.1, 0.15) is 24.5 Å². The lowest BCUT2D eigenvalue weighted by Gasteiger charge is -2.26. The summed E-state index contributed by atoms with van der Waals surface area (Å²) in [5, 5.41) is 0. The molecule has 1 amide bonds. The minimum atomic E-state index is -3.03. The van der Waals surface area contributed by atoms with E-state index in [4.69, 9.17) is 0 Å². The number of hydrogen-bond acceptors (Lipinski definition) is 3. The van der Waals surface area contributed by atoms with E-state index in [0.717, 1.165) is 16.8 Å². The lowest BCUT2D eigenvalue weighted by atomic mass is 10.0. The smallest absolute Gasteiger partial charge is 0.231 e. The zero-order valence-corrected chi connectivity index (χ0v) is 13.0. The van der Waals surface area contributed by atoms with Crippen molar-refractivity contribution in [1.29, 1.82) is 0 Å². The van der Waals surface area contributed by atoms with Crippen LogP contribution < -0.4 is 4.90 Å². The van der Waals surface area contributed by atoms with Gasteiger partial charge in [0.15, 0.2) is 9.84 Å². The van der Waals surface area contributed by atoms with E-state index >= 15 is 0 Å². The Morgan fingerprint density at radius 2 is 2.05 bits per heavy atom. The predicted octanol–water partition coefficient (Wildman–Crippen LogP) is 2.09. The fraction of sp³-hybridized carbons (Fsp3) is 0.533. The van der Waals surface area contributed by atoms with Gasteiger partial charge in [0, 0.05) is 12.2 Å². The van der Waals surface area contributed by atoms with Crippen LogP contribution in [0.25, 0.3) is 0 Å². The summed E-state index contributed by atoms with van der Waals surface area (Å²) in [6.07, 6.45) is 0.447. The third-order valence-electron chi connectivity index (χ3n) is 3.82. The van der Waals surface area contributed by atoms with E-state index in [1.54, 1.807) is 4.90 Å². The van der Waals surface area contributed by atoms with E-state index in [-0.39, 0.29) is 23.3 Å². The molecule has 20 heavy (non-hydrogen) atoms. The largest absolute Gasteiger partial charge is 0.312 e. The topological polar surface area (TPSA) is 54.5 Å². The van der Waals surface area contributed by atoms with E-state index < -0.39 is 9.84 Å². The molecule has 0 aliphatic carbocycles. The fourth-order valence-corrected chi connectivity index (χ4v) is 4.40. The van der Waals surface area contributed by atoms with Crippen molar-refractivity contribution in [3.8, 4) is 0 Å². The number of sulfone groups is 1. The second-order valence-electron chi connectivity index (χ2n) is 5.47. The second kappa shape index (κ2) is 5.56. The Kier molecular flexibility index (Phi) is 4.18. The first-order chi connectivity index (χ1) is 9.34. The molecule has 1 unspecified atom stereocenters. The summed E-state index contributed by atoms with van der Waals surface area (Å²) in [5.74, 6) is -0.330. The molecular formula is C15H21NO3S. The number of carbonyl (C=O) groups excluding carboxylic acids is 1. The number of carbonyl (C=O) groups is 1. The summed E-state index contributed by atoms with van der Waals surface area (Å²) >= 11 is 0. The number of nitrogens with zero attached hydrogens (tertiary/aromatic N) is 1. The van der Waals surface area contributed by atoms with Crippen LogP contribution in [0.2, 0.25) is 0 Å². The van der Waals surface area contributed by atoms with Crippen LogP contribution >= 0.6 is 0 Å². The molecule has 1 aromatic carbocycles. The van der Waals surface area contributed by atoms with E-state index in [0.29, 0.717) is 13.0 Å². The van der Waals surface area contributed by atoms with Gasteiger partial charge in [-0.25, -0.2) is 8.42 Å². The van der Waals surface area contributed by atoms with Gasteiger partial charge in [-0.05, 0) is 44.4 Å². The van der Waals surface area contributed by atoms with Crippen LogP contribution in [0.4, 0.5) is 5.69 Å². The molecule has 0 saturated carbocycles. The summed E-state index contributed by atoms with van der Waals surface area (Å²) in [6, 6.07) is 5.99. The Labute approximate surface area is 120 Å². The van der Waals surface area contributed by atoms with Crippen molar-refractivity contribution in [2.45, 2.75) is 27.2 Å². The zero-order valence-electron chi connectivity index (χ0n) is 12.2. The molecule has 110 valence electrons.